The van der Waals surface area contributed by atoms with Gasteiger partial charge >= 0.3 is 6.03 Å². The Hall–Kier alpha value is -2.57. The molecule has 0 spiro atoms. The molecule has 0 aliphatic heterocycles. The van der Waals surface area contributed by atoms with Gasteiger partial charge in [0.05, 0.1) is 17.6 Å². The maximum atomic E-state index is 11.9. The van der Waals surface area contributed by atoms with Gasteiger partial charge in [0.1, 0.15) is 5.82 Å². The number of nitrogens with one attached hydrogen (secondary N) is 3. The van der Waals surface area contributed by atoms with Crippen LogP contribution in [0.2, 0.25) is 0 Å². The molecule has 3 N–H and O–H groups in total. The number of amides is 2. The van der Waals surface area contributed by atoms with E-state index in [0.29, 0.717) is 12.2 Å². The van der Waals surface area contributed by atoms with Crippen LogP contribution in [-0.4, -0.2) is 34.4 Å². The highest BCUT2D eigenvalue weighted by Crippen LogP contribution is 2.09. The molecule has 7 heteroatoms. The van der Waals surface area contributed by atoms with Crippen molar-refractivity contribution in [3.05, 3.63) is 35.8 Å². The minimum atomic E-state index is -0.232. The Morgan fingerprint density at radius 1 is 1.35 bits per heavy atom. The number of anilines is 2. The fourth-order valence-electron chi connectivity index (χ4n) is 2.28. The molecule has 0 aliphatic rings. The molecule has 2 aromatic rings. The van der Waals surface area contributed by atoms with Gasteiger partial charge < -0.3 is 16.0 Å². The lowest BCUT2D eigenvalue weighted by Gasteiger charge is -2.14. The number of urea groups is 1. The van der Waals surface area contributed by atoms with Gasteiger partial charge in [-0.05, 0) is 38.0 Å². The topological polar surface area (TPSA) is 83.9 Å². The van der Waals surface area contributed by atoms with Crippen molar-refractivity contribution in [2.75, 3.05) is 24.2 Å². The maximum Gasteiger partial charge on any atom is 0.319 e. The van der Waals surface area contributed by atoms with Crippen LogP contribution < -0.4 is 16.0 Å². The first-order valence-corrected chi connectivity index (χ1v) is 7.67. The summed E-state index contributed by atoms with van der Waals surface area (Å²) >= 11 is 0. The van der Waals surface area contributed by atoms with E-state index < -0.39 is 0 Å². The fourth-order valence-corrected chi connectivity index (χ4v) is 2.28. The van der Waals surface area contributed by atoms with E-state index in [0.717, 1.165) is 23.8 Å². The van der Waals surface area contributed by atoms with Gasteiger partial charge in [-0.25, -0.2) is 9.78 Å². The average molecular weight is 316 g/mol. The lowest BCUT2D eigenvalue weighted by atomic mass is 10.2. The Kier molecular flexibility index (Phi) is 5.56. The molecule has 0 aromatic carbocycles. The zero-order valence-corrected chi connectivity index (χ0v) is 14.1. The predicted molar refractivity (Wildman–Crippen MR) is 91.7 cm³/mol. The quantitative estimate of drug-likeness (QED) is 0.764. The Morgan fingerprint density at radius 3 is 2.70 bits per heavy atom. The molecule has 2 rings (SSSR count). The Balaban J connectivity index is 1.77. The molecule has 7 nitrogen and oxygen atoms in total. The third-order valence-corrected chi connectivity index (χ3v) is 3.48. The van der Waals surface area contributed by atoms with Gasteiger partial charge in [0.15, 0.2) is 0 Å². The van der Waals surface area contributed by atoms with Gasteiger partial charge in [0, 0.05) is 25.8 Å². The van der Waals surface area contributed by atoms with Crippen LogP contribution in [0.5, 0.6) is 0 Å². The second-order valence-electron chi connectivity index (χ2n) is 5.73. The maximum absolute atomic E-state index is 11.9. The molecular weight excluding hydrogens is 292 g/mol. The van der Waals surface area contributed by atoms with Crippen LogP contribution in [-0.2, 0) is 6.54 Å². The SMILES string of the molecule is CNc1ccc(NC(=O)NC[C@H](C)Cn2nc(C)cc2C)cn1. The molecule has 2 aromatic heterocycles. The highest BCUT2D eigenvalue weighted by Gasteiger charge is 2.09. The Bertz CT molecular complexity index is 649. The van der Waals surface area contributed by atoms with E-state index in [2.05, 4.69) is 39.0 Å². The molecule has 0 fully saturated rings. The van der Waals surface area contributed by atoms with Crippen molar-refractivity contribution >= 4 is 17.5 Å². The summed E-state index contributed by atoms with van der Waals surface area (Å²) in [6.45, 7) is 7.45. The molecule has 2 heterocycles. The lowest BCUT2D eigenvalue weighted by molar-refractivity contribution is 0.249. The van der Waals surface area contributed by atoms with Gasteiger partial charge in [0.2, 0.25) is 0 Å². The number of rotatable bonds is 6. The smallest absolute Gasteiger partial charge is 0.319 e. The molecular formula is C16H24N6O. The molecule has 0 radical (unpaired) electrons. The molecule has 1 atom stereocenters. The van der Waals surface area contributed by atoms with Crippen molar-refractivity contribution in [2.24, 2.45) is 5.92 Å². The summed E-state index contributed by atoms with van der Waals surface area (Å²) in [6, 6.07) is 5.43. The minimum absolute atomic E-state index is 0.232. The average Bonchev–Trinajstić information content (AvgIpc) is 2.83. The number of hydrogen-bond donors (Lipinski definition) is 3. The molecule has 2 amide bonds. The van der Waals surface area contributed by atoms with Crippen molar-refractivity contribution < 1.29 is 4.79 Å². The number of carbonyl (C=O) groups excluding carboxylic acids is 1. The van der Waals surface area contributed by atoms with E-state index in [1.807, 2.05) is 18.5 Å². The number of nitrogens with zero attached hydrogens (tertiary/aromatic N) is 3. The molecule has 0 aliphatic carbocycles. The zero-order valence-electron chi connectivity index (χ0n) is 14.1. The number of hydrogen-bond acceptors (Lipinski definition) is 4. The molecule has 0 bridgehead atoms. The summed E-state index contributed by atoms with van der Waals surface area (Å²) in [5.74, 6) is 1.04. The fraction of sp³-hybridized carbons (Fsp3) is 0.438. The number of carbonyl (C=O) groups is 1. The van der Waals surface area contributed by atoms with E-state index in [1.165, 1.54) is 0 Å². The van der Waals surface area contributed by atoms with Crippen molar-refractivity contribution in [1.82, 2.24) is 20.1 Å². The summed E-state index contributed by atoms with van der Waals surface area (Å²) < 4.78 is 1.97. The summed E-state index contributed by atoms with van der Waals surface area (Å²) in [6.07, 6.45) is 1.62. The van der Waals surface area contributed by atoms with E-state index in [4.69, 9.17) is 0 Å². The molecule has 23 heavy (non-hydrogen) atoms. The summed E-state index contributed by atoms with van der Waals surface area (Å²) in [5, 5.41) is 13.0. The van der Waals surface area contributed by atoms with Crippen molar-refractivity contribution in [2.45, 2.75) is 27.3 Å². The summed E-state index contributed by atoms with van der Waals surface area (Å²) in [5.41, 5.74) is 2.81. The van der Waals surface area contributed by atoms with Crippen LogP contribution in [0.1, 0.15) is 18.3 Å². The molecule has 0 saturated heterocycles. The van der Waals surface area contributed by atoms with E-state index in [-0.39, 0.29) is 11.9 Å². The van der Waals surface area contributed by atoms with E-state index in [9.17, 15) is 4.79 Å². The highest BCUT2D eigenvalue weighted by molar-refractivity contribution is 5.89. The molecule has 0 unspecified atom stereocenters. The second kappa shape index (κ2) is 7.62. The van der Waals surface area contributed by atoms with Crippen LogP contribution in [0.25, 0.3) is 0 Å². The van der Waals surface area contributed by atoms with Crippen molar-refractivity contribution in [3.63, 3.8) is 0 Å². The van der Waals surface area contributed by atoms with Crippen LogP contribution in [0.15, 0.2) is 24.4 Å². The third-order valence-electron chi connectivity index (χ3n) is 3.48. The number of pyridine rings is 1. The molecule has 124 valence electrons. The van der Waals surface area contributed by atoms with Crippen molar-refractivity contribution in [1.29, 1.82) is 0 Å². The summed E-state index contributed by atoms with van der Waals surface area (Å²) in [7, 11) is 1.80. The first kappa shape index (κ1) is 16.8. The first-order valence-electron chi connectivity index (χ1n) is 7.67. The normalized spacial score (nSPS) is 11.8. The van der Waals surface area contributed by atoms with Crippen LogP contribution in [0, 0.1) is 19.8 Å². The van der Waals surface area contributed by atoms with E-state index >= 15 is 0 Å². The second-order valence-corrected chi connectivity index (χ2v) is 5.73. The van der Waals surface area contributed by atoms with Gasteiger partial charge in [-0.2, -0.15) is 5.10 Å². The van der Waals surface area contributed by atoms with Gasteiger partial charge in [-0.15, -0.1) is 0 Å². The van der Waals surface area contributed by atoms with Gasteiger partial charge in [0.25, 0.3) is 0 Å². The van der Waals surface area contributed by atoms with Gasteiger partial charge in [-0.3, -0.25) is 4.68 Å². The standard InChI is InChI=1S/C16H24N6O/c1-11(10-22-13(3)7-12(2)21-22)8-19-16(23)20-14-5-6-15(17-4)18-9-14/h5-7,9,11H,8,10H2,1-4H3,(H,17,18)(H2,19,20,23)/t11-/m0/s1. The lowest BCUT2D eigenvalue weighted by Crippen LogP contribution is -2.33. The zero-order chi connectivity index (χ0) is 16.8. The number of aryl methyl sites for hydroxylation is 2. The third kappa shape index (κ3) is 4.98. The summed E-state index contributed by atoms with van der Waals surface area (Å²) in [4.78, 5) is 16.1. The van der Waals surface area contributed by atoms with Crippen LogP contribution in [0.4, 0.5) is 16.3 Å². The predicted octanol–water partition coefficient (Wildman–Crippen LogP) is 2.39. The van der Waals surface area contributed by atoms with Gasteiger partial charge in [-0.1, -0.05) is 6.92 Å². The van der Waals surface area contributed by atoms with Crippen LogP contribution >= 0.6 is 0 Å². The Labute approximate surface area is 136 Å². The minimum Gasteiger partial charge on any atom is -0.373 e. The monoisotopic (exact) mass is 316 g/mol. The van der Waals surface area contributed by atoms with Crippen molar-refractivity contribution in [3.8, 4) is 0 Å². The highest BCUT2D eigenvalue weighted by atomic mass is 16.2. The largest absolute Gasteiger partial charge is 0.373 e. The molecule has 0 saturated carbocycles. The number of aromatic nitrogens is 3. The first-order chi connectivity index (χ1) is 11.0. The van der Waals surface area contributed by atoms with Crippen LogP contribution in [0.3, 0.4) is 0 Å². The Morgan fingerprint density at radius 2 is 2.13 bits per heavy atom. The van der Waals surface area contributed by atoms with E-state index in [1.54, 1.807) is 25.4 Å².